The van der Waals surface area contributed by atoms with Crippen molar-refractivity contribution in [3.63, 3.8) is 0 Å². The molecule has 1 heterocycles. The van der Waals surface area contributed by atoms with Crippen molar-refractivity contribution < 1.29 is 14.3 Å². The Morgan fingerprint density at radius 3 is 2.48 bits per heavy atom. The number of halogens is 2. The van der Waals surface area contributed by atoms with Crippen LogP contribution in [0.4, 0.5) is 4.79 Å². The summed E-state index contributed by atoms with van der Waals surface area (Å²) < 4.78 is 7.88. The fourth-order valence-corrected chi connectivity index (χ4v) is 4.46. The van der Waals surface area contributed by atoms with Crippen molar-refractivity contribution in [2.45, 2.75) is 26.5 Å². The molecule has 1 aliphatic heterocycles. The molecule has 0 radical (unpaired) electrons. The van der Waals surface area contributed by atoms with Gasteiger partial charge in [-0.15, -0.1) is 0 Å². The molecule has 0 atom stereocenters. The van der Waals surface area contributed by atoms with Crippen LogP contribution in [0.25, 0.3) is 6.08 Å². The van der Waals surface area contributed by atoms with Gasteiger partial charge < -0.3 is 4.74 Å². The third-order valence-electron chi connectivity index (χ3n) is 3.90. The molecule has 4 nitrogen and oxygen atoms in total. The maximum atomic E-state index is 12.4. The van der Waals surface area contributed by atoms with E-state index in [1.54, 1.807) is 6.08 Å². The third-order valence-corrected chi connectivity index (χ3v) is 6.16. The highest BCUT2D eigenvalue weighted by Gasteiger charge is 2.36. The lowest BCUT2D eigenvalue weighted by Crippen LogP contribution is -2.34. The lowest BCUT2D eigenvalue weighted by molar-refractivity contribution is -0.123. The van der Waals surface area contributed by atoms with Gasteiger partial charge in [0.2, 0.25) is 0 Å². The summed E-state index contributed by atoms with van der Waals surface area (Å²) in [6.45, 7) is 4.15. The average molecular weight is 558 g/mol. The molecule has 140 valence electrons. The van der Waals surface area contributed by atoms with Crippen molar-refractivity contribution in [2.24, 2.45) is 0 Å². The normalized spacial score (nSPS) is 15.9. The molecule has 3 rings (SSSR count). The quantitative estimate of drug-likeness (QED) is 0.330. The van der Waals surface area contributed by atoms with Gasteiger partial charge in [0.1, 0.15) is 12.4 Å². The zero-order valence-corrected chi connectivity index (χ0v) is 19.3. The van der Waals surface area contributed by atoms with Gasteiger partial charge >= 0.3 is 0 Å². The molecule has 0 saturated carbocycles. The van der Waals surface area contributed by atoms with E-state index in [2.05, 4.69) is 38.5 Å². The molecular weight excluding hydrogens is 541 g/mol. The van der Waals surface area contributed by atoms with Gasteiger partial charge in [0.15, 0.2) is 0 Å². The molecule has 7 heteroatoms. The van der Waals surface area contributed by atoms with Crippen molar-refractivity contribution in [2.75, 3.05) is 0 Å². The summed E-state index contributed by atoms with van der Waals surface area (Å²) in [5, 5.41) is -0.217. The Hall–Kier alpha value is -1.32. The number of amides is 2. The maximum absolute atomic E-state index is 12.4. The summed E-state index contributed by atoms with van der Waals surface area (Å²) in [6.07, 6.45) is 1.76. The van der Waals surface area contributed by atoms with Crippen molar-refractivity contribution in [3.8, 4) is 5.75 Å². The Labute approximate surface area is 184 Å². The minimum Gasteiger partial charge on any atom is -0.488 e. The first-order chi connectivity index (χ1) is 12.8. The topological polar surface area (TPSA) is 46.6 Å². The number of nitrogens with zero attached hydrogens (tertiary/aromatic N) is 1. The molecule has 1 fully saturated rings. The zero-order chi connectivity index (χ0) is 19.6. The molecule has 0 spiro atoms. The molecule has 2 amide bonds. The molecule has 2 aromatic carbocycles. The smallest absolute Gasteiger partial charge is 0.293 e. The minimum atomic E-state index is -0.231. The first-order valence-corrected chi connectivity index (χ1v) is 11.0. The van der Waals surface area contributed by atoms with Crippen LogP contribution in [-0.2, 0) is 11.4 Å². The Bertz CT molecular complexity index is 912. The summed E-state index contributed by atoms with van der Waals surface area (Å²) in [4.78, 5) is 26.1. The number of imide groups is 1. The SMILES string of the molecule is CC(C)N1C(=O)S/C(=C/c2ccc(OCc3ccc(Br)cc3)c(I)c2)C1=O. The van der Waals surface area contributed by atoms with Crippen LogP contribution in [0, 0.1) is 3.57 Å². The van der Waals surface area contributed by atoms with Crippen molar-refractivity contribution >= 4 is 67.5 Å². The van der Waals surface area contributed by atoms with E-state index in [0.717, 1.165) is 36.7 Å². The third kappa shape index (κ3) is 4.94. The number of hydrogen-bond donors (Lipinski definition) is 0. The number of rotatable bonds is 5. The second kappa shape index (κ2) is 8.79. The standard InChI is InChI=1S/C20H17BrINO3S/c1-12(2)23-19(24)18(27-20(23)25)10-14-5-8-17(16(22)9-14)26-11-13-3-6-15(21)7-4-13/h3-10,12H,11H2,1-2H3/b18-10+. The molecule has 0 aliphatic carbocycles. The summed E-state index contributed by atoms with van der Waals surface area (Å²) in [5.41, 5.74) is 1.95. The maximum Gasteiger partial charge on any atom is 0.293 e. The van der Waals surface area contributed by atoms with Gasteiger partial charge in [0.05, 0.1) is 8.48 Å². The van der Waals surface area contributed by atoms with E-state index in [-0.39, 0.29) is 17.2 Å². The second-order valence-electron chi connectivity index (χ2n) is 6.25. The predicted octanol–water partition coefficient (Wildman–Crippen LogP) is 6.08. The number of thioether (sulfide) groups is 1. The number of carbonyl (C=O) groups excluding carboxylic acids is 2. The Morgan fingerprint density at radius 1 is 1.19 bits per heavy atom. The van der Waals surface area contributed by atoms with Crippen LogP contribution < -0.4 is 4.74 Å². The molecule has 2 aromatic rings. The van der Waals surface area contributed by atoms with Gasteiger partial charge in [-0.2, -0.15) is 0 Å². The number of hydrogen-bond acceptors (Lipinski definition) is 4. The van der Waals surface area contributed by atoms with Crippen molar-refractivity contribution in [1.29, 1.82) is 0 Å². The number of ether oxygens (including phenoxy) is 1. The molecule has 1 aliphatic rings. The monoisotopic (exact) mass is 557 g/mol. The van der Waals surface area contributed by atoms with Crippen LogP contribution in [-0.4, -0.2) is 22.1 Å². The fourth-order valence-electron chi connectivity index (χ4n) is 2.54. The van der Waals surface area contributed by atoms with Gasteiger partial charge in [-0.25, -0.2) is 0 Å². The van der Waals surface area contributed by atoms with Crippen molar-refractivity contribution in [1.82, 2.24) is 4.90 Å². The number of carbonyl (C=O) groups is 2. The molecule has 0 aromatic heterocycles. The molecule has 0 unspecified atom stereocenters. The zero-order valence-electron chi connectivity index (χ0n) is 14.7. The highest BCUT2D eigenvalue weighted by atomic mass is 127. The van der Waals surface area contributed by atoms with Gasteiger partial charge in [-0.1, -0.05) is 34.1 Å². The number of benzene rings is 2. The van der Waals surface area contributed by atoms with Gasteiger partial charge in [-0.3, -0.25) is 14.5 Å². The van der Waals surface area contributed by atoms with E-state index in [9.17, 15) is 9.59 Å². The van der Waals surface area contributed by atoms with Crippen LogP contribution in [0.5, 0.6) is 5.75 Å². The predicted molar refractivity (Wildman–Crippen MR) is 121 cm³/mol. The van der Waals surface area contributed by atoms with Crippen LogP contribution in [0.1, 0.15) is 25.0 Å². The van der Waals surface area contributed by atoms with Crippen LogP contribution in [0.3, 0.4) is 0 Å². The summed E-state index contributed by atoms with van der Waals surface area (Å²) in [5.74, 6) is 0.552. The van der Waals surface area contributed by atoms with Gasteiger partial charge in [-0.05, 0) is 89.7 Å². The molecule has 1 saturated heterocycles. The lowest BCUT2D eigenvalue weighted by Gasteiger charge is -2.16. The lowest BCUT2D eigenvalue weighted by atomic mass is 10.2. The second-order valence-corrected chi connectivity index (χ2v) is 9.32. The van der Waals surface area contributed by atoms with Crippen LogP contribution in [0.15, 0.2) is 51.8 Å². The summed E-state index contributed by atoms with van der Waals surface area (Å²) in [6, 6.07) is 13.6. The summed E-state index contributed by atoms with van der Waals surface area (Å²) >= 11 is 6.62. The van der Waals surface area contributed by atoms with E-state index >= 15 is 0 Å². The average Bonchev–Trinajstić information content (AvgIpc) is 2.89. The van der Waals surface area contributed by atoms with E-state index in [1.807, 2.05) is 56.3 Å². The molecule has 0 bridgehead atoms. The Balaban J connectivity index is 1.72. The van der Waals surface area contributed by atoms with Gasteiger partial charge in [0.25, 0.3) is 11.1 Å². The first-order valence-electron chi connectivity index (χ1n) is 8.29. The minimum absolute atomic E-state index is 0.141. The highest BCUT2D eigenvalue weighted by molar-refractivity contribution is 14.1. The Kier molecular flexibility index (Phi) is 6.65. The van der Waals surface area contributed by atoms with E-state index in [0.29, 0.717) is 11.5 Å². The van der Waals surface area contributed by atoms with Crippen LogP contribution >= 0.6 is 50.3 Å². The Morgan fingerprint density at radius 2 is 1.89 bits per heavy atom. The summed E-state index contributed by atoms with van der Waals surface area (Å²) in [7, 11) is 0. The largest absolute Gasteiger partial charge is 0.488 e. The van der Waals surface area contributed by atoms with Crippen molar-refractivity contribution in [3.05, 3.63) is 66.5 Å². The van der Waals surface area contributed by atoms with Gasteiger partial charge in [0, 0.05) is 10.5 Å². The van der Waals surface area contributed by atoms with E-state index in [4.69, 9.17) is 4.74 Å². The fraction of sp³-hybridized carbons (Fsp3) is 0.200. The molecule has 0 N–H and O–H groups in total. The van der Waals surface area contributed by atoms with Crippen LogP contribution in [0.2, 0.25) is 0 Å². The van der Waals surface area contributed by atoms with E-state index in [1.165, 1.54) is 4.90 Å². The first kappa shape index (κ1) is 20.4. The van der Waals surface area contributed by atoms with E-state index < -0.39 is 0 Å². The molecular formula is C20H17BrINO3S. The molecule has 27 heavy (non-hydrogen) atoms. The highest BCUT2D eigenvalue weighted by Crippen LogP contribution is 2.34.